The van der Waals surface area contributed by atoms with Crippen molar-refractivity contribution >= 4 is 11.8 Å². The molecule has 0 aromatic carbocycles. The lowest BCUT2D eigenvalue weighted by Gasteiger charge is -2.03. The predicted octanol–water partition coefficient (Wildman–Crippen LogP) is 2.02. The highest BCUT2D eigenvalue weighted by atomic mass is 32.2. The third-order valence-corrected chi connectivity index (χ3v) is 2.67. The Morgan fingerprint density at radius 3 is 2.80 bits per heavy atom. The number of rotatable bonds is 6. The van der Waals surface area contributed by atoms with Gasteiger partial charge in [0.1, 0.15) is 0 Å². The first kappa shape index (κ1) is 12.5. The minimum atomic E-state index is -0.120. The van der Waals surface area contributed by atoms with Gasteiger partial charge < -0.3 is 10.3 Å². The van der Waals surface area contributed by atoms with E-state index in [4.69, 9.17) is 10.3 Å². The van der Waals surface area contributed by atoms with E-state index in [0.717, 1.165) is 24.4 Å². The molecular formula is C10H19N3OS. The highest BCUT2D eigenvalue weighted by Gasteiger charge is 2.14. The van der Waals surface area contributed by atoms with Gasteiger partial charge >= 0.3 is 0 Å². The van der Waals surface area contributed by atoms with Crippen LogP contribution in [-0.4, -0.2) is 22.1 Å². The summed E-state index contributed by atoms with van der Waals surface area (Å²) in [5.41, 5.74) is 5.92. The summed E-state index contributed by atoms with van der Waals surface area (Å²) in [7, 11) is 0. The normalized spacial score (nSPS) is 13.4. The molecule has 0 aliphatic carbocycles. The SMILES string of the molecule is CSCC[C@@H](N)c1nc(CC(C)C)no1. The molecule has 0 radical (unpaired) electrons. The first-order valence-corrected chi connectivity index (χ1v) is 6.60. The van der Waals surface area contributed by atoms with Crippen molar-refractivity contribution in [2.24, 2.45) is 11.7 Å². The molecule has 0 saturated carbocycles. The van der Waals surface area contributed by atoms with Crippen LogP contribution in [0.3, 0.4) is 0 Å². The molecule has 15 heavy (non-hydrogen) atoms. The van der Waals surface area contributed by atoms with Crippen molar-refractivity contribution in [1.29, 1.82) is 0 Å². The highest BCUT2D eigenvalue weighted by Crippen LogP contribution is 2.15. The van der Waals surface area contributed by atoms with Gasteiger partial charge in [0.25, 0.3) is 0 Å². The summed E-state index contributed by atoms with van der Waals surface area (Å²) >= 11 is 1.77. The van der Waals surface area contributed by atoms with Crippen molar-refractivity contribution in [3.63, 3.8) is 0 Å². The Bertz CT molecular complexity index is 288. The molecule has 1 aromatic rings. The fourth-order valence-corrected chi connectivity index (χ4v) is 1.72. The van der Waals surface area contributed by atoms with Gasteiger partial charge in [0.05, 0.1) is 6.04 Å². The summed E-state index contributed by atoms with van der Waals surface area (Å²) in [4.78, 5) is 4.29. The molecule has 2 N–H and O–H groups in total. The summed E-state index contributed by atoms with van der Waals surface area (Å²) in [6.45, 7) is 4.26. The Balaban J connectivity index is 2.51. The lowest BCUT2D eigenvalue weighted by Crippen LogP contribution is -2.11. The Hall–Kier alpha value is -0.550. The van der Waals surface area contributed by atoms with Gasteiger partial charge in [-0.25, -0.2) is 0 Å². The van der Waals surface area contributed by atoms with E-state index in [2.05, 4.69) is 30.2 Å². The number of hydrogen-bond acceptors (Lipinski definition) is 5. The van der Waals surface area contributed by atoms with Crippen molar-refractivity contribution in [2.45, 2.75) is 32.7 Å². The summed E-state index contributed by atoms with van der Waals surface area (Å²) in [5.74, 6) is 2.89. The second kappa shape index (κ2) is 6.12. The van der Waals surface area contributed by atoms with Crippen molar-refractivity contribution in [2.75, 3.05) is 12.0 Å². The van der Waals surface area contributed by atoms with Crippen LogP contribution in [0.15, 0.2) is 4.52 Å². The number of nitrogens with two attached hydrogens (primary N) is 1. The number of nitrogens with zero attached hydrogens (tertiary/aromatic N) is 2. The van der Waals surface area contributed by atoms with E-state index < -0.39 is 0 Å². The molecule has 0 aliphatic rings. The van der Waals surface area contributed by atoms with Gasteiger partial charge in [0.2, 0.25) is 5.89 Å². The Kier molecular flexibility index (Phi) is 5.11. The van der Waals surface area contributed by atoms with Crippen LogP contribution in [0.1, 0.15) is 38.0 Å². The molecule has 5 heteroatoms. The maximum Gasteiger partial charge on any atom is 0.243 e. The fraction of sp³-hybridized carbons (Fsp3) is 0.800. The van der Waals surface area contributed by atoms with Crippen LogP contribution >= 0.6 is 11.8 Å². The minimum absolute atomic E-state index is 0.120. The smallest absolute Gasteiger partial charge is 0.243 e. The van der Waals surface area contributed by atoms with E-state index in [1.807, 2.05) is 0 Å². The Morgan fingerprint density at radius 1 is 1.47 bits per heavy atom. The molecule has 0 amide bonds. The van der Waals surface area contributed by atoms with Gasteiger partial charge in [-0.2, -0.15) is 16.7 Å². The van der Waals surface area contributed by atoms with Gasteiger partial charge in [-0.1, -0.05) is 19.0 Å². The Morgan fingerprint density at radius 2 is 2.20 bits per heavy atom. The van der Waals surface area contributed by atoms with Crippen LogP contribution in [0, 0.1) is 5.92 Å². The van der Waals surface area contributed by atoms with Gasteiger partial charge in [-0.15, -0.1) is 0 Å². The molecular weight excluding hydrogens is 210 g/mol. The summed E-state index contributed by atoms with van der Waals surface area (Å²) in [6, 6.07) is -0.120. The topological polar surface area (TPSA) is 64.9 Å². The molecule has 86 valence electrons. The first-order valence-electron chi connectivity index (χ1n) is 5.20. The van der Waals surface area contributed by atoms with Gasteiger partial charge in [-0.05, 0) is 24.3 Å². The van der Waals surface area contributed by atoms with E-state index in [9.17, 15) is 0 Å². The standard InChI is InChI=1S/C10H19N3OS/c1-7(2)6-9-12-10(14-13-9)8(11)4-5-15-3/h7-8H,4-6,11H2,1-3H3/t8-/m1/s1. The average Bonchev–Trinajstić information content (AvgIpc) is 2.61. The number of hydrogen-bond donors (Lipinski definition) is 1. The van der Waals surface area contributed by atoms with Crippen LogP contribution in [-0.2, 0) is 6.42 Å². The van der Waals surface area contributed by atoms with Crippen molar-refractivity contribution < 1.29 is 4.52 Å². The second-order valence-corrected chi connectivity index (χ2v) is 5.02. The zero-order valence-corrected chi connectivity index (χ0v) is 10.4. The zero-order chi connectivity index (χ0) is 11.3. The van der Waals surface area contributed by atoms with E-state index in [0.29, 0.717) is 11.8 Å². The highest BCUT2D eigenvalue weighted by molar-refractivity contribution is 7.98. The quantitative estimate of drug-likeness (QED) is 0.808. The molecule has 4 nitrogen and oxygen atoms in total. The van der Waals surface area contributed by atoms with Crippen molar-refractivity contribution in [3.05, 3.63) is 11.7 Å². The first-order chi connectivity index (χ1) is 7.13. The van der Waals surface area contributed by atoms with Crippen LogP contribution in [0.2, 0.25) is 0 Å². The predicted molar refractivity (Wildman–Crippen MR) is 62.8 cm³/mol. The van der Waals surface area contributed by atoms with Crippen LogP contribution in [0.25, 0.3) is 0 Å². The van der Waals surface area contributed by atoms with Crippen LogP contribution in [0.5, 0.6) is 0 Å². The monoisotopic (exact) mass is 229 g/mol. The van der Waals surface area contributed by atoms with Crippen LogP contribution < -0.4 is 5.73 Å². The lowest BCUT2D eigenvalue weighted by atomic mass is 10.1. The molecule has 0 fully saturated rings. The molecule has 0 spiro atoms. The largest absolute Gasteiger partial charge is 0.338 e. The van der Waals surface area contributed by atoms with E-state index >= 15 is 0 Å². The van der Waals surface area contributed by atoms with Crippen molar-refractivity contribution in [1.82, 2.24) is 10.1 Å². The number of thioether (sulfide) groups is 1. The molecule has 1 rings (SSSR count). The second-order valence-electron chi connectivity index (χ2n) is 4.03. The maximum absolute atomic E-state index is 5.92. The summed E-state index contributed by atoms with van der Waals surface area (Å²) < 4.78 is 5.13. The fourth-order valence-electron chi connectivity index (χ4n) is 1.23. The van der Waals surface area contributed by atoms with Gasteiger partial charge in [-0.3, -0.25) is 0 Å². The molecule has 1 atom stereocenters. The Labute approximate surface area is 95.0 Å². The van der Waals surface area contributed by atoms with E-state index in [1.165, 1.54) is 0 Å². The molecule has 0 saturated heterocycles. The maximum atomic E-state index is 5.92. The van der Waals surface area contributed by atoms with Gasteiger partial charge in [0, 0.05) is 6.42 Å². The minimum Gasteiger partial charge on any atom is -0.338 e. The average molecular weight is 229 g/mol. The third kappa shape index (κ3) is 4.22. The molecule has 1 heterocycles. The van der Waals surface area contributed by atoms with E-state index in [-0.39, 0.29) is 6.04 Å². The summed E-state index contributed by atoms with van der Waals surface area (Å²) in [6.07, 6.45) is 3.79. The van der Waals surface area contributed by atoms with Gasteiger partial charge in [0.15, 0.2) is 5.82 Å². The molecule has 0 aliphatic heterocycles. The number of aromatic nitrogens is 2. The third-order valence-electron chi connectivity index (χ3n) is 2.02. The van der Waals surface area contributed by atoms with Crippen LogP contribution in [0.4, 0.5) is 0 Å². The summed E-state index contributed by atoms with van der Waals surface area (Å²) in [5, 5.41) is 3.91. The molecule has 0 bridgehead atoms. The van der Waals surface area contributed by atoms with Crippen molar-refractivity contribution in [3.8, 4) is 0 Å². The van der Waals surface area contributed by atoms with E-state index in [1.54, 1.807) is 11.8 Å². The molecule has 1 aromatic heterocycles. The molecule has 0 unspecified atom stereocenters. The lowest BCUT2D eigenvalue weighted by molar-refractivity contribution is 0.347. The zero-order valence-electron chi connectivity index (χ0n) is 9.56.